The summed E-state index contributed by atoms with van der Waals surface area (Å²) in [5.74, 6) is 0. The van der Waals surface area contributed by atoms with Gasteiger partial charge in [0.05, 0.1) is 12.5 Å². The SMILES string of the molecule is C=CCCCC(N)c1ccoc1. The predicted molar refractivity (Wildman–Crippen MR) is 49.7 cm³/mol. The second-order valence-electron chi connectivity index (χ2n) is 2.88. The quantitative estimate of drug-likeness (QED) is 0.538. The molecule has 12 heavy (non-hydrogen) atoms. The Balaban J connectivity index is 2.29. The molecule has 0 saturated heterocycles. The number of allylic oxidation sites excluding steroid dienone is 1. The van der Waals surface area contributed by atoms with Crippen molar-refractivity contribution >= 4 is 0 Å². The van der Waals surface area contributed by atoms with Crippen molar-refractivity contribution in [2.45, 2.75) is 25.3 Å². The summed E-state index contributed by atoms with van der Waals surface area (Å²) < 4.78 is 4.94. The fraction of sp³-hybridized carbons (Fsp3) is 0.400. The van der Waals surface area contributed by atoms with Gasteiger partial charge in [0.2, 0.25) is 0 Å². The minimum absolute atomic E-state index is 0.115. The molecule has 2 N–H and O–H groups in total. The molecule has 0 spiro atoms. The molecule has 0 saturated carbocycles. The Labute approximate surface area is 73.1 Å². The molecule has 2 heteroatoms. The molecule has 0 amide bonds. The first-order valence-corrected chi connectivity index (χ1v) is 4.23. The predicted octanol–water partition coefficient (Wildman–Crippen LogP) is 2.64. The van der Waals surface area contributed by atoms with E-state index in [0.29, 0.717) is 0 Å². The van der Waals surface area contributed by atoms with E-state index in [1.165, 1.54) is 0 Å². The van der Waals surface area contributed by atoms with Gasteiger partial charge in [-0.25, -0.2) is 0 Å². The topological polar surface area (TPSA) is 39.2 Å². The molecule has 0 radical (unpaired) electrons. The molecule has 1 rings (SSSR count). The van der Waals surface area contributed by atoms with Gasteiger partial charge in [0.15, 0.2) is 0 Å². The molecule has 0 aliphatic heterocycles. The van der Waals surface area contributed by atoms with Crippen LogP contribution in [-0.4, -0.2) is 0 Å². The fourth-order valence-corrected chi connectivity index (χ4v) is 1.13. The van der Waals surface area contributed by atoms with Gasteiger partial charge >= 0.3 is 0 Å². The first-order chi connectivity index (χ1) is 5.84. The number of nitrogens with two attached hydrogens (primary N) is 1. The molecular formula is C10H15NO. The Kier molecular flexibility index (Phi) is 3.61. The molecule has 1 unspecified atom stereocenters. The van der Waals surface area contributed by atoms with Crippen molar-refractivity contribution in [3.05, 3.63) is 36.8 Å². The van der Waals surface area contributed by atoms with Crippen molar-refractivity contribution < 1.29 is 4.42 Å². The van der Waals surface area contributed by atoms with Gasteiger partial charge in [0.25, 0.3) is 0 Å². The van der Waals surface area contributed by atoms with E-state index in [0.717, 1.165) is 24.8 Å². The third-order valence-electron chi connectivity index (χ3n) is 1.89. The molecule has 66 valence electrons. The maximum Gasteiger partial charge on any atom is 0.0950 e. The molecular weight excluding hydrogens is 150 g/mol. The van der Waals surface area contributed by atoms with Gasteiger partial charge in [-0.15, -0.1) is 6.58 Å². The summed E-state index contributed by atoms with van der Waals surface area (Å²) in [4.78, 5) is 0. The maximum atomic E-state index is 5.89. The van der Waals surface area contributed by atoms with Gasteiger partial charge in [0.1, 0.15) is 0 Å². The highest BCUT2D eigenvalue weighted by Gasteiger charge is 2.05. The number of furan rings is 1. The molecule has 0 bridgehead atoms. The normalized spacial score (nSPS) is 12.8. The summed E-state index contributed by atoms with van der Waals surface area (Å²) in [5, 5.41) is 0. The number of unbranched alkanes of at least 4 members (excludes halogenated alkanes) is 1. The van der Waals surface area contributed by atoms with E-state index in [4.69, 9.17) is 10.2 Å². The van der Waals surface area contributed by atoms with Gasteiger partial charge in [-0.1, -0.05) is 6.08 Å². The van der Waals surface area contributed by atoms with Gasteiger partial charge in [0, 0.05) is 11.6 Å². The van der Waals surface area contributed by atoms with Crippen LogP contribution in [0.15, 0.2) is 35.7 Å². The third-order valence-corrected chi connectivity index (χ3v) is 1.89. The second-order valence-corrected chi connectivity index (χ2v) is 2.88. The lowest BCUT2D eigenvalue weighted by Crippen LogP contribution is -2.08. The summed E-state index contributed by atoms with van der Waals surface area (Å²) in [5.41, 5.74) is 6.97. The van der Waals surface area contributed by atoms with Gasteiger partial charge in [-0.05, 0) is 25.3 Å². The standard InChI is InChI=1S/C10H15NO/c1-2-3-4-5-10(11)9-6-7-12-8-9/h2,6-8,10H,1,3-5,11H2. The van der Waals surface area contributed by atoms with Crippen LogP contribution in [0, 0.1) is 0 Å². The third kappa shape index (κ3) is 2.55. The van der Waals surface area contributed by atoms with Gasteiger partial charge in [-0.2, -0.15) is 0 Å². The Morgan fingerprint density at radius 2 is 2.50 bits per heavy atom. The highest BCUT2D eigenvalue weighted by molar-refractivity contribution is 5.10. The van der Waals surface area contributed by atoms with Gasteiger partial charge in [-0.3, -0.25) is 0 Å². The average Bonchev–Trinajstić information content (AvgIpc) is 2.56. The molecule has 0 aromatic carbocycles. The summed E-state index contributed by atoms with van der Waals surface area (Å²) in [6.07, 6.45) is 8.40. The van der Waals surface area contributed by atoms with E-state index in [9.17, 15) is 0 Å². The smallest absolute Gasteiger partial charge is 0.0950 e. The van der Waals surface area contributed by atoms with E-state index < -0.39 is 0 Å². The number of hydrogen-bond acceptors (Lipinski definition) is 2. The molecule has 0 aliphatic carbocycles. The molecule has 2 nitrogen and oxygen atoms in total. The van der Waals surface area contributed by atoms with Crippen LogP contribution in [0.1, 0.15) is 30.9 Å². The van der Waals surface area contributed by atoms with Crippen LogP contribution in [0.25, 0.3) is 0 Å². The van der Waals surface area contributed by atoms with Crippen molar-refractivity contribution in [3.63, 3.8) is 0 Å². The van der Waals surface area contributed by atoms with E-state index in [1.807, 2.05) is 12.1 Å². The number of hydrogen-bond donors (Lipinski definition) is 1. The zero-order chi connectivity index (χ0) is 8.81. The Hall–Kier alpha value is -1.02. The fourth-order valence-electron chi connectivity index (χ4n) is 1.13. The van der Waals surface area contributed by atoms with Crippen LogP contribution in [0.2, 0.25) is 0 Å². The average molecular weight is 165 g/mol. The van der Waals surface area contributed by atoms with E-state index in [2.05, 4.69) is 6.58 Å². The lowest BCUT2D eigenvalue weighted by Gasteiger charge is -2.06. The second kappa shape index (κ2) is 4.78. The van der Waals surface area contributed by atoms with Crippen LogP contribution < -0.4 is 5.73 Å². The van der Waals surface area contributed by atoms with Crippen molar-refractivity contribution in [3.8, 4) is 0 Å². The first kappa shape index (κ1) is 9.07. The van der Waals surface area contributed by atoms with Crippen LogP contribution in [0.4, 0.5) is 0 Å². The zero-order valence-electron chi connectivity index (χ0n) is 7.20. The van der Waals surface area contributed by atoms with Crippen molar-refractivity contribution in [1.82, 2.24) is 0 Å². The summed E-state index contributed by atoms with van der Waals surface area (Å²) in [6, 6.07) is 2.03. The van der Waals surface area contributed by atoms with Crippen LogP contribution in [0.5, 0.6) is 0 Å². The monoisotopic (exact) mass is 165 g/mol. The molecule has 0 fully saturated rings. The van der Waals surface area contributed by atoms with Crippen molar-refractivity contribution in [2.24, 2.45) is 5.73 Å². The molecule has 1 heterocycles. The maximum absolute atomic E-state index is 5.89. The van der Waals surface area contributed by atoms with E-state index >= 15 is 0 Å². The highest BCUT2D eigenvalue weighted by atomic mass is 16.3. The number of rotatable bonds is 5. The summed E-state index contributed by atoms with van der Waals surface area (Å²) in [7, 11) is 0. The van der Waals surface area contributed by atoms with E-state index in [-0.39, 0.29) is 6.04 Å². The van der Waals surface area contributed by atoms with Crippen LogP contribution in [0.3, 0.4) is 0 Å². The zero-order valence-corrected chi connectivity index (χ0v) is 7.20. The molecule has 1 aromatic heterocycles. The molecule has 0 aliphatic rings. The van der Waals surface area contributed by atoms with E-state index in [1.54, 1.807) is 12.5 Å². The Bertz CT molecular complexity index is 216. The molecule has 1 atom stereocenters. The highest BCUT2D eigenvalue weighted by Crippen LogP contribution is 2.16. The van der Waals surface area contributed by atoms with Gasteiger partial charge < -0.3 is 10.2 Å². The first-order valence-electron chi connectivity index (χ1n) is 4.23. The largest absolute Gasteiger partial charge is 0.472 e. The van der Waals surface area contributed by atoms with Crippen LogP contribution in [-0.2, 0) is 0 Å². The summed E-state index contributed by atoms with van der Waals surface area (Å²) >= 11 is 0. The lowest BCUT2D eigenvalue weighted by atomic mass is 10.1. The van der Waals surface area contributed by atoms with Crippen molar-refractivity contribution in [2.75, 3.05) is 0 Å². The van der Waals surface area contributed by atoms with Crippen LogP contribution >= 0.6 is 0 Å². The van der Waals surface area contributed by atoms with Crippen molar-refractivity contribution in [1.29, 1.82) is 0 Å². The Morgan fingerprint density at radius 1 is 1.67 bits per heavy atom. The summed E-state index contributed by atoms with van der Waals surface area (Å²) in [6.45, 7) is 3.66. The Morgan fingerprint density at radius 3 is 3.08 bits per heavy atom. The molecule has 1 aromatic rings. The minimum atomic E-state index is 0.115. The minimum Gasteiger partial charge on any atom is -0.472 e. The lowest BCUT2D eigenvalue weighted by molar-refractivity contribution is 0.551.